The maximum Gasteiger partial charge on any atom is 0.335 e. The molecule has 0 radical (unpaired) electrons. The second-order valence-corrected chi connectivity index (χ2v) is 5.26. The van der Waals surface area contributed by atoms with Gasteiger partial charge in [0.25, 0.3) is 0 Å². The molecule has 2 aliphatic rings. The van der Waals surface area contributed by atoms with Crippen molar-refractivity contribution < 1.29 is 14.3 Å². The van der Waals surface area contributed by atoms with Crippen LogP contribution in [0.5, 0.6) is 0 Å². The zero-order valence-electron chi connectivity index (χ0n) is 11.4. The third-order valence-electron chi connectivity index (χ3n) is 3.85. The Morgan fingerprint density at radius 3 is 2.70 bits per heavy atom. The first-order valence-corrected chi connectivity index (χ1v) is 7.08. The summed E-state index contributed by atoms with van der Waals surface area (Å²) in [6, 6.07) is 10.1. The maximum atomic E-state index is 11.5. The van der Waals surface area contributed by atoms with E-state index in [1.807, 2.05) is 42.5 Å². The number of benzene rings is 1. The summed E-state index contributed by atoms with van der Waals surface area (Å²) in [4.78, 5) is 11.5. The van der Waals surface area contributed by atoms with Gasteiger partial charge in [-0.25, -0.2) is 4.79 Å². The molecule has 104 valence electrons. The Hall–Kier alpha value is -2.03. The van der Waals surface area contributed by atoms with E-state index in [2.05, 4.69) is 0 Å². The second kappa shape index (κ2) is 5.53. The summed E-state index contributed by atoms with van der Waals surface area (Å²) in [7, 11) is 0. The molecule has 1 fully saturated rings. The van der Waals surface area contributed by atoms with Crippen molar-refractivity contribution in [3.63, 3.8) is 0 Å². The molecule has 0 N–H and O–H groups in total. The van der Waals surface area contributed by atoms with E-state index in [1.165, 1.54) is 6.08 Å². The molecule has 1 heterocycles. The number of rotatable bonds is 4. The van der Waals surface area contributed by atoms with Gasteiger partial charge in [-0.15, -0.1) is 0 Å². The summed E-state index contributed by atoms with van der Waals surface area (Å²) >= 11 is 0. The predicted octanol–water partition coefficient (Wildman–Crippen LogP) is 3.47. The number of carbonyl (C=O) groups is 1. The Balaban J connectivity index is 1.59. The molecule has 1 aromatic carbocycles. The Morgan fingerprint density at radius 2 is 1.95 bits per heavy atom. The van der Waals surface area contributed by atoms with Gasteiger partial charge in [0.2, 0.25) is 0 Å². The summed E-state index contributed by atoms with van der Waals surface area (Å²) in [6.45, 7) is 0.457. The van der Waals surface area contributed by atoms with Gasteiger partial charge in [-0.05, 0) is 37.3 Å². The lowest BCUT2D eigenvalue weighted by molar-refractivity contribution is -0.147. The molecule has 3 heteroatoms. The smallest absolute Gasteiger partial charge is 0.335 e. The van der Waals surface area contributed by atoms with Crippen LogP contribution in [-0.2, 0) is 14.3 Å². The van der Waals surface area contributed by atoms with Gasteiger partial charge in [0.05, 0.1) is 6.08 Å². The molecule has 20 heavy (non-hydrogen) atoms. The minimum Gasteiger partial charge on any atom is -0.489 e. The Labute approximate surface area is 118 Å². The van der Waals surface area contributed by atoms with Crippen LogP contribution in [0.3, 0.4) is 0 Å². The van der Waals surface area contributed by atoms with E-state index < -0.39 is 5.60 Å². The lowest BCUT2D eigenvalue weighted by Crippen LogP contribution is -2.29. The van der Waals surface area contributed by atoms with Gasteiger partial charge in [0, 0.05) is 0 Å². The number of carbonyl (C=O) groups excluding carboxylic acids is 1. The minimum atomic E-state index is -0.461. The molecular formula is C17H18O3. The molecule has 3 rings (SSSR count). The van der Waals surface area contributed by atoms with Crippen LogP contribution in [0.25, 0.3) is 6.08 Å². The quantitative estimate of drug-likeness (QED) is 0.786. The topological polar surface area (TPSA) is 35.5 Å². The molecule has 0 atom stereocenters. The SMILES string of the molecule is O=C1C=C(OC/C=C/c2ccccc2)C2(CCCC2)O1. The van der Waals surface area contributed by atoms with E-state index in [9.17, 15) is 4.79 Å². The monoisotopic (exact) mass is 270 g/mol. The van der Waals surface area contributed by atoms with Gasteiger partial charge >= 0.3 is 5.97 Å². The van der Waals surface area contributed by atoms with E-state index in [0.717, 1.165) is 31.2 Å². The van der Waals surface area contributed by atoms with E-state index in [4.69, 9.17) is 9.47 Å². The van der Waals surface area contributed by atoms with E-state index in [1.54, 1.807) is 0 Å². The van der Waals surface area contributed by atoms with E-state index in [0.29, 0.717) is 12.4 Å². The maximum absolute atomic E-state index is 11.5. The molecule has 0 unspecified atom stereocenters. The third-order valence-corrected chi connectivity index (χ3v) is 3.85. The first kappa shape index (κ1) is 13.0. The lowest BCUT2D eigenvalue weighted by atomic mass is 10.0. The highest BCUT2D eigenvalue weighted by molar-refractivity contribution is 5.86. The van der Waals surface area contributed by atoms with Gasteiger partial charge in [-0.1, -0.05) is 36.4 Å². The molecule has 3 nitrogen and oxygen atoms in total. The van der Waals surface area contributed by atoms with Crippen molar-refractivity contribution in [2.75, 3.05) is 6.61 Å². The van der Waals surface area contributed by atoms with Crippen molar-refractivity contribution >= 4 is 12.0 Å². The van der Waals surface area contributed by atoms with Gasteiger partial charge in [-0.2, -0.15) is 0 Å². The molecular weight excluding hydrogens is 252 g/mol. The fourth-order valence-electron chi connectivity index (χ4n) is 2.86. The molecule has 1 aliphatic carbocycles. The molecule has 0 aromatic heterocycles. The molecule has 0 bridgehead atoms. The van der Waals surface area contributed by atoms with Crippen molar-refractivity contribution in [1.29, 1.82) is 0 Å². The van der Waals surface area contributed by atoms with Crippen molar-refractivity contribution in [3.05, 3.63) is 53.8 Å². The summed E-state index contributed by atoms with van der Waals surface area (Å²) in [5.74, 6) is 0.437. The van der Waals surface area contributed by atoms with Crippen LogP contribution >= 0.6 is 0 Å². The normalized spacial score (nSPS) is 20.4. The molecule has 0 amide bonds. The Bertz CT molecular complexity index is 537. The lowest BCUT2D eigenvalue weighted by Gasteiger charge is -2.25. The number of hydrogen-bond acceptors (Lipinski definition) is 3. The van der Waals surface area contributed by atoms with Crippen molar-refractivity contribution in [2.45, 2.75) is 31.3 Å². The fraction of sp³-hybridized carbons (Fsp3) is 0.353. The zero-order chi connectivity index (χ0) is 13.8. The van der Waals surface area contributed by atoms with Crippen LogP contribution in [0.15, 0.2) is 48.2 Å². The second-order valence-electron chi connectivity index (χ2n) is 5.26. The molecule has 0 saturated heterocycles. The summed E-state index contributed by atoms with van der Waals surface area (Å²) in [5.41, 5.74) is 0.678. The van der Waals surface area contributed by atoms with Crippen molar-refractivity contribution in [1.82, 2.24) is 0 Å². The van der Waals surface area contributed by atoms with Crippen LogP contribution in [0, 0.1) is 0 Å². The van der Waals surface area contributed by atoms with Gasteiger partial charge in [0.1, 0.15) is 12.4 Å². The van der Waals surface area contributed by atoms with Crippen LogP contribution < -0.4 is 0 Å². The average molecular weight is 270 g/mol. The highest BCUT2D eigenvalue weighted by Gasteiger charge is 2.46. The third kappa shape index (κ3) is 2.62. The largest absolute Gasteiger partial charge is 0.489 e. The molecule has 1 aromatic rings. The summed E-state index contributed by atoms with van der Waals surface area (Å²) < 4.78 is 11.2. The van der Waals surface area contributed by atoms with Crippen molar-refractivity contribution in [2.24, 2.45) is 0 Å². The van der Waals surface area contributed by atoms with Crippen LogP contribution in [-0.4, -0.2) is 18.2 Å². The van der Waals surface area contributed by atoms with Crippen LogP contribution in [0.2, 0.25) is 0 Å². The van der Waals surface area contributed by atoms with Crippen molar-refractivity contribution in [3.8, 4) is 0 Å². The Kier molecular flexibility index (Phi) is 3.59. The van der Waals surface area contributed by atoms with E-state index in [-0.39, 0.29) is 5.97 Å². The van der Waals surface area contributed by atoms with E-state index >= 15 is 0 Å². The number of esters is 1. The summed E-state index contributed by atoms with van der Waals surface area (Å²) in [6.07, 6.45) is 9.42. The van der Waals surface area contributed by atoms with Crippen LogP contribution in [0.4, 0.5) is 0 Å². The molecule has 1 aliphatic heterocycles. The minimum absolute atomic E-state index is 0.270. The first-order chi connectivity index (χ1) is 9.78. The fourth-order valence-corrected chi connectivity index (χ4v) is 2.86. The van der Waals surface area contributed by atoms with Gasteiger partial charge in [0.15, 0.2) is 5.60 Å². The molecule has 1 spiro atoms. The standard InChI is InChI=1S/C17H18O3/c18-16-13-15(17(20-16)10-4-5-11-17)19-12-6-9-14-7-2-1-3-8-14/h1-3,6-9,13H,4-5,10-12H2/b9-6+. The average Bonchev–Trinajstić information content (AvgIpc) is 3.04. The number of ether oxygens (including phenoxy) is 2. The number of hydrogen-bond donors (Lipinski definition) is 0. The van der Waals surface area contributed by atoms with Crippen LogP contribution in [0.1, 0.15) is 31.2 Å². The predicted molar refractivity (Wildman–Crippen MR) is 76.8 cm³/mol. The first-order valence-electron chi connectivity index (χ1n) is 7.08. The zero-order valence-corrected chi connectivity index (χ0v) is 11.4. The highest BCUT2D eigenvalue weighted by atomic mass is 16.6. The van der Waals surface area contributed by atoms with Gasteiger partial charge < -0.3 is 9.47 Å². The highest BCUT2D eigenvalue weighted by Crippen LogP contribution is 2.42. The van der Waals surface area contributed by atoms with Gasteiger partial charge in [-0.3, -0.25) is 0 Å². The summed E-state index contributed by atoms with van der Waals surface area (Å²) in [5, 5.41) is 0. The molecule has 1 saturated carbocycles. The Morgan fingerprint density at radius 1 is 1.20 bits per heavy atom.